The Bertz CT molecular complexity index is 564. The monoisotopic (exact) mass is 248 g/mol. The molecule has 0 aliphatic heterocycles. The van der Waals surface area contributed by atoms with Crippen molar-refractivity contribution < 1.29 is 13.7 Å². The zero-order valence-corrected chi connectivity index (χ0v) is 9.73. The van der Waals surface area contributed by atoms with Crippen molar-refractivity contribution in [3.8, 4) is 17.1 Å². The van der Waals surface area contributed by atoms with E-state index in [4.69, 9.17) is 15.0 Å². The third-order valence-corrected chi connectivity index (χ3v) is 2.92. The molecule has 0 spiro atoms. The molecule has 1 aromatic carbocycles. The minimum Gasteiger partial charge on any atom is -0.489 e. The second kappa shape index (κ2) is 4.33. The van der Waals surface area contributed by atoms with E-state index < -0.39 is 5.82 Å². The molecular weight excluding hydrogens is 235 g/mol. The van der Waals surface area contributed by atoms with Gasteiger partial charge in [0.25, 0.3) is 0 Å². The smallest absolute Gasteiger partial charge is 0.172 e. The number of hydrogen-bond acceptors (Lipinski definition) is 4. The first-order valence-corrected chi connectivity index (χ1v) is 5.88. The molecule has 3 rings (SSSR count). The van der Waals surface area contributed by atoms with Crippen LogP contribution >= 0.6 is 0 Å². The maximum atomic E-state index is 13.8. The SMILES string of the molecule is Nc1cc(-c2cccc(F)c2OCC2CC2)on1. The van der Waals surface area contributed by atoms with Gasteiger partial charge in [0.15, 0.2) is 23.1 Å². The van der Waals surface area contributed by atoms with Gasteiger partial charge in [0.05, 0.1) is 12.2 Å². The Morgan fingerprint density at radius 2 is 2.28 bits per heavy atom. The number of rotatable bonds is 4. The van der Waals surface area contributed by atoms with Gasteiger partial charge in [0.2, 0.25) is 0 Å². The molecule has 2 N–H and O–H groups in total. The molecule has 18 heavy (non-hydrogen) atoms. The lowest BCUT2D eigenvalue weighted by atomic mass is 10.1. The van der Waals surface area contributed by atoms with Crippen molar-refractivity contribution in [3.05, 3.63) is 30.1 Å². The largest absolute Gasteiger partial charge is 0.489 e. The van der Waals surface area contributed by atoms with Crippen LogP contribution in [0.15, 0.2) is 28.8 Å². The molecule has 0 unspecified atom stereocenters. The van der Waals surface area contributed by atoms with Gasteiger partial charge >= 0.3 is 0 Å². The molecule has 1 heterocycles. The second-order valence-electron chi connectivity index (χ2n) is 4.49. The molecule has 1 aliphatic rings. The molecule has 2 aromatic rings. The number of anilines is 1. The Kier molecular flexibility index (Phi) is 2.66. The number of benzene rings is 1. The van der Waals surface area contributed by atoms with Crippen molar-refractivity contribution in [2.24, 2.45) is 5.92 Å². The van der Waals surface area contributed by atoms with Crippen molar-refractivity contribution in [2.45, 2.75) is 12.8 Å². The average Bonchev–Trinajstić information content (AvgIpc) is 3.08. The van der Waals surface area contributed by atoms with Crippen LogP contribution in [0.3, 0.4) is 0 Å². The average molecular weight is 248 g/mol. The molecule has 1 aromatic heterocycles. The molecule has 0 saturated heterocycles. The molecule has 5 heteroatoms. The van der Waals surface area contributed by atoms with Crippen molar-refractivity contribution in [1.82, 2.24) is 5.16 Å². The van der Waals surface area contributed by atoms with Gasteiger partial charge < -0.3 is 15.0 Å². The van der Waals surface area contributed by atoms with Crippen LogP contribution < -0.4 is 10.5 Å². The van der Waals surface area contributed by atoms with E-state index in [-0.39, 0.29) is 11.6 Å². The van der Waals surface area contributed by atoms with E-state index in [1.165, 1.54) is 6.07 Å². The highest BCUT2D eigenvalue weighted by molar-refractivity contribution is 5.67. The van der Waals surface area contributed by atoms with Gasteiger partial charge in [-0.15, -0.1) is 0 Å². The van der Waals surface area contributed by atoms with Crippen LogP contribution in [0.4, 0.5) is 10.2 Å². The maximum absolute atomic E-state index is 13.8. The summed E-state index contributed by atoms with van der Waals surface area (Å²) in [6.45, 7) is 0.539. The van der Waals surface area contributed by atoms with Crippen molar-refractivity contribution in [2.75, 3.05) is 12.3 Å². The van der Waals surface area contributed by atoms with Crippen molar-refractivity contribution in [1.29, 1.82) is 0 Å². The molecule has 0 atom stereocenters. The highest BCUT2D eigenvalue weighted by Gasteiger charge is 2.24. The third-order valence-electron chi connectivity index (χ3n) is 2.92. The van der Waals surface area contributed by atoms with Gasteiger partial charge in [-0.05, 0) is 30.9 Å². The van der Waals surface area contributed by atoms with Crippen molar-refractivity contribution >= 4 is 5.82 Å². The van der Waals surface area contributed by atoms with E-state index in [0.29, 0.717) is 23.8 Å². The molecule has 0 bridgehead atoms. The molecule has 1 fully saturated rings. The summed E-state index contributed by atoms with van der Waals surface area (Å²) < 4.78 is 24.4. The zero-order valence-electron chi connectivity index (χ0n) is 9.73. The van der Waals surface area contributed by atoms with Crippen LogP contribution in [-0.2, 0) is 0 Å². The zero-order chi connectivity index (χ0) is 12.5. The molecule has 0 amide bonds. The first-order chi connectivity index (χ1) is 8.74. The summed E-state index contributed by atoms with van der Waals surface area (Å²) in [6, 6.07) is 6.25. The second-order valence-corrected chi connectivity index (χ2v) is 4.49. The van der Waals surface area contributed by atoms with Crippen LogP contribution in [-0.4, -0.2) is 11.8 Å². The summed E-state index contributed by atoms with van der Waals surface area (Å²) in [5.74, 6) is 1.04. The maximum Gasteiger partial charge on any atom is 0.172 e. The number of nitrogens with two attached hydrogens (primary N) is 1. The van der Waals surface area contributed by atoms with E-state index in [2.05, 4.69) is 5.16 Å². The summed E-state index contributed by atoms with van der Waals surface area (Å²) in [5.41, 5.74) is 6.04. The topological polar surface area (TPSA) is 61.3 Å². The van der Waals surface area contributed by atoms with Crippen LogP contribution in [0.25, 0.3) is 11.3 Å². The lowest BCUT2D eigenvalue weighted by molar-refractivity contribution is 0.285. The minimum atomic E-state index is -0.400. The number of halogens is 1. The highest BCUT2D eigenvalue weighted by atomic mass is 19.1. The van der Waals surface area contributed by atoms with E-state index >= 15 is 0 Å². The van der Waals surface area contributed by atoms with Crippen LogP contribution in [0.2, 0.25) is 0 Å². The van der Waals surface area contributed by atoms with Gasteiger partial charge in [-0.1, -0.05) is 11.2 Å². The van der Waals surface area contributed by atoms with Crippen LogP contribution in [0.1, 0.15) is 12.8 Å². The Morgan fingerprint density at radius 1 is 1.44 bits per heavy atom. The van der Waals surface area contributed by atoms with E-state index in [0.717, 1.165) is 12.8 Å². The number of para-hydroxylation sites is 1. The van der Waals surface area contributed by atoms with E-state index in [1.807, 2.05) is 0 Å². The lowest BCUT2D eigenvalue weighted by Crippen LogP contribution is -2.02. The fourth-order valence-electron chi connectivity index (χ4n) is 1.75. The standard InChI is InChI=1S/C13H13FN2O2/c14-10-3-1-2-9(11-6-12(15)16-18-11)13(10)17-7-8-4-5-8/h1-3,6,8H,4-5,7H2,(H2,15,16). The van der Waals surface area contributed by atoms with E-state index in [1.54, 1.807) is 18.2 Å². The molecular formula is C13H13FN2O2. The first-order valence-electron chi connectivity index (χ1n) is 5.88. The third kappa shape index (κ3) is 2.16. The Labute approximate surface area is 104 Å². The number of nitrogens with zero attached hydrogens (tertiary/aromatic N) is 1. The minimum absolute atomic E-state index is 0.209. The van der Waals surface area contributed by atoms with Crippen LogP contribution in [0, 0.1) is 11.7 Å². The predicted molar refractivity (Wildman–Crippen MR) is 64.5 cm³/mol. The van der Waals surface area contributed by atoms with Gasteiger partial charge in [-0.2, -0.15) is 0 Å². The normalized spacial score (nSPS) is 14.7. The Morgan fingerprint density at radius 3 is 2.94 bits per heavy atom. The summed E-state index contributed by atoms with van der Waals surface area (Å²) in [4.78, 5) is 0. The summed E-state index contributed by atoms with van der Waals surface area (Å²) >= 11 is 0. The van der Waals surface area contributed by atoms with Gasteiger partial charge in [0.1, 0.15) is 0 Å². The van der Waals surface area contributed by atoms with Crippen LogP contribution in [0.5, 0.6) is 5.75 Å². The Hall–Kier alpha value is -2.04. The van der Waals surface area contributed by atoms with E-state index in [9.17, 15) is 4.39 Å². The fourth-order valence-corrected chi connectivity index (χ4v) is 1.75. The number of nitrogen functional groups attached to an aromatic ring is 1. The summed E-state index contributed by atoms with van der Waals surface area (Å²) in [6.07, 6.45) is 2.30. The van der Waals surface area contributed by atoms with Crippen molar-refractivity contribution in [3.63, 3.8) is 0 Å². The molecule has 1 saturated carbocycles. The number of hydrogen-bond donors (Lipinski definition) is 1. The quantitative estimate of drug-likeness (QED) is 0.903. The van der Waals surface area contributed by atoms with Gasteiger partial charge in [-0.25, -0.2) is 4.39 Å². The lowest BCUT2D eigenvalue weighted by Gasteiger charge is -2.09. The highest BCUT2D eigenvalue weighted by Crippen LogP contribution is 2.35. The Balaban J connectivity index is 1.93. The van der Waals surface area contributed by atoms with Gasteiger partial charge in [-0.3, -0.25) is 0 Å². The first kappa shape index (κ1) is 11.1. The molecule has 4 nitrogen and oxygen atoms in total. The summed E-state index contributed by atoms with van der Waals surface area (Å²) in [5, 5.41) is 3.60. The summed E-state index contributed by atoms with van der Waals surface area (Å²) in [7, 11) is 0. The molecule has 0 radical (unpaired) electrons. The molecule has 1 aliphatic carbocycles. The number of ether oxygens (including phenoxy) is 1. The fraction of sp³-hybridized carbons (Fsp3) is 0.308. The molecule has 94 valence electrons. The van der Waals surface area contributed by atoms with Gasteiger partial charge in [0, 0.05) is 6.07 Å². The number of aromatic nitrogens is 1. The predicted octanol–water partition coefficient (Wildman–Crippen LogP) is 2.85.